The Morgan fingerprint density at radius 3 is 2.21 bits per heavy atom. The van der Waals surface area contributed by atoms with Gasteiger partial charge in [0.05, 0.1) is 10.6 Å². The fraction of sp³-hybridized carbons (Fsp3) is 0.289. The molecule has 0 unspecified atom stereocenters. The minimum absolute atomic E-state index is 0.0754. The molecule has 0 aliphatic carbocycles. The maximum Gasteiger partial charge on any atom is 0.303 e. The zero-order valence-corrected chi connectivity index (χ0v) is 32.5. The summed E-state index contributed by atoms with van der Waals surface area (Å²) in [6.07, 6.45) is 6.08. The third kappa shape index (κ3) is 12.1. The summed E-state index contributed by atoms with van der Waals surface area (Å²) in [7, 11) is 0. The van der Waals surface area contributed by atoms with Crippen LogP contribution in [0.1, 0.15) is 70.2 Å². The van der Waals surface area contributed by atoms with Crippen molar-refractivity contribution in [2.45, 2.75) is 72.4 Å². The van der Waals surface area contributed by atoms with E-state index in [1.54, 1.807) is 24.4 Å². The Labute approximate surface area is 333 Å². The minimum Gasteiger partial charge on any atom is -0.489 e. The van der Waals surface area contributed by atoms with Crippen LogP contribution >= 0.6 is 11.6 Å². The van der Waals surface area contributed by atoms with Crippen molar-refractivity contribution in [2.24, 2.45) is 0 Å². The molecule has 56 heavy (non-hydrogen) atoms. The van der Waals surface area contributed by atoms with E-state index in [0.29, 0.717) is 54.6 Å². The van der Waals surface area contributed by atoms with Crippen molar-refractivity contribution < 1.29 is 28.9 Å². The number of hydrogen-bond acceptors (Lipinski definition) is 9. The second kappa shape index (κ2) is 21.4. The molecule has 5 rings (SSSR count). The average Bonchev–Trinajstić information content (AvgIpc) is 3.20. The normalized spacial score (nSPS) is 10.8. The van der Waals surface area contributed by atoms with Crippen LogP contribution < -0.4 is 24.8 Å². The highest BCUT2D eigenvalue weighted by atomic mass is 35.5. The lowest BCUT2D eigenvalue weighted by atomic mass is 9.93. The number of carboxylic acid groups (broad SMARTS) is 1. The van der Waals surface area contributed by atoms with Crippen molar-refractivity contribution in [3.8, 4) is 34.4 Å². The van der Waals surface area contributed by atoms with Gasteiger partial charge in [-0.15, -0.1) is 0 Å². The fourth-order valence-corrected chi connectivity index (χ4v) is 6.38. The number of ether oxygens (including phenoxy) is 3. The Morgan fingerprint density at radius 2 is 1.45 bits per heavy atom. The lowest BCUT2D eigenvalue weighted by Gasteiger charge is -2.18. The summed E-state index contributed by atoms with van der Waals surface area (Å²) in [6, 6.07) is 28.0. The topological polar surface area (TPSA) is 143 Å². The summed E-state index contributed by atoms with van der Waals surface area (Å²) in [5.74, 6) is 0.978. The zero-order chi connectivity index (χ0) is 39.7. The molecule has 0 aliphatic heterocycles. The van der Waals surface area contributed by atoms with Crippen LogP contribution in [0.15, 0.2) is 91.3 Å². The van der Waals surface area contributed by atoms with Crippen LogP contribution in [-0.2, 0) is 42.5 Å². The maximum atomic E-state index is 10.9. The molecule has 3 N–H and O–H groups in total. The van der Waals surface area contributed by atoms with Crippen LogP contribution in [0.3, 0.4) is 0 Å². The van der Waals surface area contributed by atoms with Gasteiger partial charge in [0.2, 0.25) is 0 Å². The van der Waals surface area contributed by atoms with Crippen LogP contribution in [0.4, 0.5) is 0 Å². The number of rotatable bonds is 22. The van der Waals surface area contributed by atoms with E-state index < -0.39 is 5.97 Å². The molecule has 0 bridgehead atoms. The monoisotopic (exact) mass is 774 g/mol. The van der Waals surface area contributed by atoms with Crippen molar-refractivity contribution in [3.63, 3.8) is 0 Å². The van der Waals surface area contributed by atoms with Crippen LogP contribution in [0, 0.1) is 25.2 Å². The van der Waals surface area contributed by atoms with Gasteiger partial charge < -0.3 is 34.7 Å². The number of nitrogens with zero attached hydrogens (tertiary/aromatic N) is 2. The van der Waals surface area contributed by atoms with E-state index >= 15 is 0 Å². The molecule has 0 aliphatic rings. The second-order valence-electron chi connectivity index (χ2n) is 13.4. The van der Waals surface area contributed by atoms with E-state index in [0.717, 1.165) is 76.1 Å². The first-order chi connectivity index (χ1) is 27.2. The summed E-state index contributed by atoms with van der Waals surface area (Å²) in [6.45, 7) is 7.52. The molecule has 11 heteroatoms. The molecule has 10 nitrogen and oxygen atoms in total. The van der Waals surface area contributed by atoms with Gasteiger partial charge in [-0.1, -0.05) is 66.2 Å². The van der Waals surface area contributed by atoms with Crippen LogP contribution in [0.5, 0.6) is 17.2 Å². The number of pyridine rings is 1. The molecule has 4 aromatic carbocycles. The van der Waals surface area contributed by atoms with Crippen molar-refractivity contribution in [2.75, 3.05) is 13.1 Å². The number of carbonyl (C=O) groups is 2. The molecular formula is C45H47ClN4O6. The van der Waals surface area contributed by atoms with E-state index in [-0.39, 0.29) is 19.6 Å². The maximum absolute atomic E-state index is 10.9. The van der Waals surface area contributed by atoms with Gasteiger partial charge in [0, 0.05) is 55.5 Å². The Balaban J connectivity index is 1.26. The highest BCUT2D eigenvalue weighted by molar-refractivity contribution is 6.32. The number of benzene rings is 4. The summed E-state index contributed by atoms with van der Waals surface area (Å²) in [5.41, 5.74) is 9.47. The lowest BCUT2D eigenvalue weighted by molar-refractivity contribution is -0.137. The molecular weight excluding hydrogens is 728 g/mol. The number of nitrogens with one attached hydrogen (secondary N) is 2. The first kappa shape index (κ1) is 41.4. The number of aromatic nitrogens is 1. The van der Waals surface area contributed by atoms with Crippen molar-refractivity contribution in [1.82, 2.24) is 15.6 Å². The van der Waals surface area contributed by atoms with E-state index in [1.807, 2.05) is 24.3 Å². The van der Waals surface area contributed by atoms with E-state index in [1.165, 1.54) is 11.8 Å². The van der Waals surface area contributed by atoms with E-state index in [2.05, 4.69) is 71.9 Å². The Bertz CT molecular complexity index is 2130. The molecule has 0 saturated heterocycles. The smallest absolute Gasteiger partial charge is 0.303 e. The summed E-state index contributed by atoms with van der Waals surface area (Å²) in [5, 5.41) is 25.3. The number of aliphatic carboxylic acids is 1. The SMILES string of the molecule is Cc1c(COc2cc(OCc3cncc(C#N)c3)c(CNCCCC(=O)O)cc2Cl)cccc1-c1cccc(OCc2ccc(CNCCCC=O)cc2)c1C. The molecule has 290 valence electrons. The molecule has 0 amide bonds. The van der Waals surface area contributed by atoms with Crippen LogP contribution in [-0.4, -0.2) is 35.4 Å². The van der Waals surface area contributed by atoms with Gasteiger partial charge in [-0.2, -0.15) is 5.26 Å². The van der Waals surface area contributed by atoms with Crippen molar-refractivity contribution >= 4 is 23.9 Å². The van der Waals surface area contributed by atoms with Gasteiger partial charge in [0.25, 0.3) is 0 Å². The standard InChI is InChI=1S/C45H47ClN4O6/c1-31-37(8-5-9-39(31)40-10-6-11-42(32(40)2)54-28-34-15-13-33(14-16-34)24-48-17-3-4-19-51)30-56-44-22-43(55-29-36-20-35(23-47)25-50-26-36)38(21-41(44)46)27-49-18-7-12-45(52)53/h5-6,8-11,13-16,19-22,25-26,48-49H,3-4,7,12,17-18,24,27-30H2,1-2H3,(H,52,53). The van der Waals surface area contributed by atoms with E-state index in [9.17, 15) is 14.9 Å². The Hall–Kier alpha value is -5.73. The first-order valence-corrected chi connectivity index (χ1v) is 19.0. The van der Waals surface area contributed by atoms with Gasteiger partial charge in [-0.25, -0.2) is 0 Å². The summed E-state index contributed by atoms with van der Waals surface area (Å²) < 4.78 is 18.9. The predicted octanol–water partition coefficient (Wildman–Crippen LogP) is 8.65. The molecule has 0 saturated carbocycles. The minimum atomic E-state index is -0.838. The van der Waals surface area contributed by atoms with Gasteiger partial charge in [0.15, 0.2) is 0 Å². The quantitative estimate of drug-likeness (QED) is 0.0462. The van der Waals surface area contributed by atoms with Crippen LogP contribution in [0.2, 0.25) is 5.02 Å². The fourth-order valence-electron chi connectivity index (χ4n) is 6.14. The third-order valence-electron chi connectivity index (χ3n) is 9.32. The van der Waals surface area contributed by atoms with Crippen LogP contribution in [0.25, 0.3) is 11.1 Å². The van der Waals surface area contributed by atoms with Gasteiger partial charge in [-0.05, 0) is 96.9 Å². The number of unbranched alkanes of at least 4 members (excludes halogenated alkanes) is 1. The number of halogens is 1. The average molecular weight is 775 g/mol. The Kier molecular flexibility index (Phi) is 15.8. The molecule has 0 atom stereocenters. The zero-order valence-electron chi connectivity index (χ0n) is 31.8. The van der Waals surface area contributed by atoms with Crippen molar-refractivity contribution in [3.05, 3.63) is 141 Å². The number of nitriles is 1. The van der Waals surface area contributed by atoms with E-state index in [4.69, 9.17) is 30.9 Å². The predicted molar refractivity (Wildman–Crippen MR) is 217 cm³/mol. The molecule has 0 spiro atoms. The largest absolute Gasteiger partial charge is 0.489 e. The molecule has 0 fully saturated rings. The van der Waals surface area contributed by atoms with Gasteiger partial charge in [0.1, 0.15) is 49.4 Å². The molecule has 0 radical (unpaired) electrons. The number of aldehydes is 1. The van der Waals surface area contributed by atoms with Crippen molar-refractivity contribution in [1.29, 1.82) is 5.26 Å². The molecule has 5 aromatic rings. The Morgan fingerprint density at radius 1 is 0.768 bits per heavy atom. The highest BCUT2D eigenvalue weighted by Crippen LogP contribution is 2.36. The highest BCUT2D eigenvalue weighted by Gasteiger charge is 2.16. The summed E-state index contributed by atoms with van der Waals surface area (Å²) >= 11 is 6.77. The lowest BCUT2D eigenvalue weighted by Crippen LogP contribution is -2.16. The second-order valence-corrected chi connectivity index (χ2v) is 13.9. The number of hydrogen-bond donors (Lipinski definition) is 3. The summed E-state index contributed by atoms with van der Waals surface area (Å²) in [4.78, 5) is 25.6. The molecule has 1 aromatic heterocycles. The third-order valence-corrected chi connectivity index (χ3v) is 9.61. The number of carboxylic acids is 1. The van der Waals surface area contributed by atoms with Gasteiger partial charge in [-0.3, -0.25) is 9.78 Å². The first-order valence-electron chi connectivity index (χ1n) is 18.6. The van der Waals surface area contributed by atoms with Gasteiger partial charge >= 0.3 is 5.97 Å². The number of carbonyl (C=O) groups excluding carboxylic acids is 1. The molecule has 1 heterocycles.